The van der Waals surface area contributed by atoms with Gasteiger partial charge >= 0.3 is 5.97 Å². The van der Waals surface area contributed by atoms with E-state index in [1.807, 2.05) is 6.07 Å². The summed E-state index contributed by atoms with van der Waals surface area (Å²) in [5.41, 5.74) is 0.592. The number of anilines is 2. The van der Waals surface area contributed by atoms with Gasteiger partial charge in [-0.3, -0.25) is 9.52 Å². The number of carbonyl (C=O) groups is 2. The lowest BCUT2D eigenvalue weighted by atomic mass is 10.2. The average Bonchev–Trinajstić information content (AvgIpc) is 2.66. The Bertz CT molecular complexity index is 1030. The van der Waals surface area contributed by atoms with Gasteiger partial charge in [-0.2, -0.15) is 5.26 Å². The summed E-state index contributed by atoms with van der Waals surface area (Å²) in [5, 5.41) is 8.78. The third-order valence-electron chi connectivity index (χ3n) is 3.61. The van der Waals surface area contributed by atoms with E-state index in [9.17, 15) is 22.4 Å². The highest BCUT2D eigenvalue weighted by Crippen LogP contribution is 2.17. The highest BCUT2D eigenvalue weighted by atomic mass is 32.2. The molecule has 0 aliphatic carbocycles. The first-order chi connectivity index (χ1) is 13.7. The van der Waals surface area contributed by atoms with Crippen molar-refractivity contribution in [3.8, 4) is 6.07 Å². The number of carbonyl (C=O) groups excluding carboxylic acids is 2. The lowest BCUT2D eigenvalue weighted by Gasteiger charge is -2.21. The molecule has 0 atom stereocenters. The Morgan fingerprint density at radius 1 is 1.21 bits per heavy atom. The van der Waals surface area contributed by atoms with Crippen LogP contribution in [0.2, 0.25) is 0 Å². The Hall–Kier alpha value is -3.45. The van der Waals surface area contributed by atoms with Gasteiger partial charge in [0, 0.05) is 17.9 Å². The van der Waals surface area contributed by atoms with Gasteiger partial charge in [-0.1, -0.05) is 6.07 Å². The zero-order valence-corrected chi connectivity index (χ0v) is 16.3. The number of rotatable bonds is 8. The number of amides is 1. The topological polar surface area (TPSA) is 117 Å². The zero-order valence-electron chi connectivity index (χ0n) is 15.5. The highest BCUT2D eigenvalue weighted by molar-refractivity contribution is 7.92. The van der Waals surface area contributed by atoms with Crippen LogP contribution in [0.5, 0.6) is 0 Å². The van der Waals surface area contributed by atoms with Crippen LogP contribution in [0.4, 0.5) is 15.8 Å². The molecule has 0 aliphatic heterocycles. The predicted octanol–water partition coefficient (Wildman–Crippen LogP) is 2.30. The third kappa shape index (κ3) is 6.90. The lowest BCUT2D eigenvalue weighted by Crippen LogP contribution is -2.35. The average molecular weight is 419 g/mol. The maximum absolute atomic E-state index is 13.1. The second-order valence-corrected chi connectivity index (χ2v) is 7.71. The largest absolute Gasteiger partial charge is 0.452 e. The summed E-state index contributed by atoms with van der Waals surface area (Å²) in [6.45, 7) is -0.558. The fraction of sp³-hybridized carbons (Fsp3) is 0.211. The number of benzene rings is 2. The summed E-state index contributed by atoms with van der Waals surface area (Å²) >= 11 is 0. The van der Waals surface area contributed by atoms with Crippen LogP contribution in [0.1, 0.15) is 16.8 Å². The third-order valence-corrected chi connectivity index (χ3v) is 4.22. The van der Waals surface area contributed by atoms with Crippen molar-refractivity contribution in [1.29, 1.82) is 5.26 Å². The maximum atomic E-state index is 13.1. The van der Waals surface area contributed by atoms with E-state index in [2.05, 4.69) is 4.72 Å². The Morgan fingerprint density at radius 2 is 1.90 bits per heavy atom. The van der Waals surface area contributed by atoms with E-state index in [0.29, 0.717) is 5.69 Å². The van der Waals surface area contributed by atoms with Gasteiger partial charge in [0.1, 0.15) is 5.82 Å². The number of halogens is 1. The van der Waals surface area contributed by atoms with E-state index in [0.717, 1.165) is 6.26 Å². The Kier molecular flexibility index (Phi) is 7.27. The zero-order chi connectivity index (χ0) is 21.4. The number of hydrogen-bond acceptors (Lipinski definition) is 6. The van der Waals surface area contributed by atoms with Crippen LogP contribution in [-0.4, -0.2) is 39.7 Å². The number of nitrogens with one attached hydrogen (secondary N) is 1. The quantitative estimate of drug-likeness (QED) is 0.656. The summed E-state index contributed by atoms with van der Waals surface area (Å²) in [7, 11) is -3.52. The van der Waals surface area contributed by atoms with E-state index in [1.165, 1.54) is 53.4 Å². The summed E-state index contributed by atoms with van der Waals surface area (Å²) in [5.74, 6) is -1.89. The Morgan fingerprint density at radius 3 is 2.52 bits per heavy atom. The van der Waals surface area contributed by atoms with Gasteiger partial charge in [-0.05, 0) is 42.5 Å². The predicted molar refractivity (Wildman–Crippen MR) is 104 cm³/mol. The SMILES string of the molecule is CS(=O)(=O)Nc1cccc(C(=O)OCC(=O)N(CCC#N)c2ccc(F)cc2)c1. The van der Waals surface area contributed by atoms with Crippen LogP contribution in [0.3, 0.4) is 0 Å². The molecule has 0 saturated carbocycles. The normalized spacial score (nSPS) is 10.7. The molecule has 0 saturated heterocycles. The van der Waals surface area contributed by atoms with Crippen molar-refractivity contribution in [3.05, 3.63) is 59.9 Å². The van der Waals surface area contributed by atoms with Crippen molar-refractivity contribution in [3.63, 3.8) is 0 Å². The van der Waals surface area contributed by atoms with Crippen molar-refractivity contribution in [1.82, 2.24) is 0 Å². The van der Waals surface area contributed by atoms with E-state index in [1.54, 1.807) is 0 Å². The minimum atomic E-state index is -3.52. The molecule has 2 rings (SSSR count). The Labute approximate surface area is 167 Å². The summed E-state index contributed by atoms with van der Waals surface area (Å²) < 4.78 is 42.9. The van der Waals surface area contributed by atoms with Gasteiger partial charge < -0.3 is 9.64 Å². The van der Waals surface area contributed by atoms with Crippen LogP contribution in [0, 0.1) is 17.1 Å². The second-order valence-electron chi connectivity index (χ2n) is 5.96. The fourth-order valence-corrected chi connectivity index (χ4v) is 2.95. The summed E-state index contributed by atoms with van der Waals surface area (Å²) in [6.07, 6.45) is 1.01. The van der Waals surface area contributed by atoms with Crippen LogP contribution in [0.25, 0.3) is 0 Å². The number of ether oxygens (including phenoxy) is 1. The molecule has 2 aromatic rings. The molecule has 0 unspecified atom stereocenters. The minimum absolute atomic E-state index is 0.0380. The molecular weight excluding hydrogens is 401 g/mol. The van der Waals surface area contributed by atoms with E-state index in [-0.39, 0.29) is 24.2 Å². The molecule has 10 heteroatoms. The number of nitrogens with zero attached hydrogens (tertiary/aromatic N) is 2. The first kappa shape index (κ1) is 21.8. The Balaban J connectivity index is 2.07. The molecule has 0 aliphatic rings. The molecule has 0 bridgehead atoms. The highest BCUT2D eigenvalue weighted by Gasteiger charge is 2.18. The molecule has 0 radical (unpaired) electrons. The first-order valence-electron chi connectivity index (χ1n) is 8.37. The molecule has 29 heavy (non-hydrogen) atoms. The molecule has 0 spiro atoms. The molecule has 1 N–H and O–H groups in total. The van der Waals surface area contributed by atoms with Crippen molar-refractivity contribution in [2.75, 3.05) is 29.0 Å². The lowest BCUT2D eigenvalue weighted by molar-refractivity contribution is -0.121. The standard InChI is InChI=1S/C19H18FN3O5S/c1-29(26,27)22-16-5-2-4-14(12-16)19(25)28-13-18(24)23(11-3-10-21)17-8-6-15(20)7-9-17/h2,4-9,12,22H,3,11,13H2,1H3. The van der Waals surface area contributed by atoms with Crippen molar-refractivity contribution in [2.24, 2.45) is 0 Å². The molecule has 0 fully saturated rings. The first-order valence-corrected chi connectivity index (χ1v) is 10.3. The summed E-state index contributed by atoms with van der Waals surface area (Å²) in [4.78, 5) is 25.9. The molecule has 0 heterocycles. The number of hydrogen-bond donors (Lipinski definition) is 1. The van der Waals surface area contributed by atoms with Crippen molar-refractivity contribution < 1.29 is 27.1 Å². The van der Waals surface area contributed by atoms with Gasteiger partial charge in [-0.25, -0.2) is 17.6 Å². The van der Waals surface area contributed by atoms with E-state index in [4.69, 9.17) is 10.00 Å². The van der Waals surface area contributed by atoms with E-state index >= 15 is 0 Å². The molecule has 8 nitrogen and oxygen atoms in total. The second kappa shape index (κ2) is 9.66. The monoisotopic (exact) mass is 419 g/mol. The van der Waals surface area contributed by atoms with Crippen LogP contribution in [0.15, 0.2) is 48.5 Å². The number of nitriles is 1. The van der Waals surface area contributed by atoms with Crippen molar-refractivity contribution in [2.45, 2.75) is 6.42 Å². The molecule has 0 aromatic heterocycles. The van der Waals surface area contributed by atoms with Crippen LogP contribution < -0.4 is 9.62 Å². The number of esters is 1. The molecular formula is C19H18FN3O5S. The van der Waals surface area contributed by atoms with Gasteiger partial charge in [-0.15, -0.1) is 0 Å². The minimum Gasteiger partial charge on any atom is -0.452 e. The van der Waals surface area contributed by atoms with Gasteiger partial charge in [0.25, 0.3) is 5.91 Å². The van der Waals surface area contributed by atoms with Crippen molar-refractivity contribution >= 4 is 33.3 Å². The van der Waals surface area contributed by atoms with Crippen LogP contribution in [-0.2, 0) is 19.6 Å². The fourth-order valence-electron chi connectivity index (χ4n) is 2.39. The van der Waals surface area contributed by atoms with Crippen LogP contribution >= 0.6 is 0 Å². The van der Waals surface area contributed by atoms with Gasteiger partial charge in [0.15, 0.2) is 6.61 Å². The maximum Gasteiger partial charge on any atom is 0.338 e. The molecule has 1 amide bonds. The van der Waals surface area contributed by atoms with E-state index < -0.39 is 34.3 Å². The smallest absolute Gasteiger partial charge is 0.338 e. The van der Waals surface area contributed by atoms with Gasteiger partial charge in [0.05, 0.1) is 24.3 Å². The molecule has 152 valence electrons. The van der Waals surface area contributed by atoms with Gasteiger partial charge in [0.2, 0.25) is 10.0 Å². The number of sulfonamides is 1. The molecule has 2 aromatic carbocycles. The summed E-state index contributed by atoms with van der Waals surface area (Å²) in [6, 6.07) is 12.6.